The van der Waals surface area contributed by atoms with E-state index in [1.807, 2.05) is 26.9 Å². The van der Waals surface area contributed by atoms with Crippen molar-refractivity contribution in [3.05, 3.63) is 65.4 Å². The Labute approximate surface area is 352 Å². The van der Waals surface area contributed by atoms with Gasteiger partial charge in [0.1, 0.15) is 29.0 Å². The Hall–Kier alpha value is -5.97. The molecular weight excluding hydrogens is 758 g/mol. The van der Waals surface area contributed by atoms with Gasteiger partial charge in [-0.15, -0.1) is 0 Å². The summed E-state index contributed by atoms with van der Waals surface area (Å²) in [6, 6.07) is 5.44. The van der Waals surface area contributed by atoms with Gasteiger partial charge in [0.2, 0.25) is 17.8 Å². The van der Waals surface area contributed by atoms with Crippen molar-refractivity contribution in [2.45, 2.75) is 63.5 Å². The largest absolute Gasteiger partial charge is 0.370 e. The molecule has 1 saturated carbocycles. The number of benzene rings is 1. The maximum atomic E-state index is 16.1. The van der Waals surface area contributed by atoms with Crippen LogP contribution in [0.1, 0.15) is 99.6 Å². The molecule has 4 aromatic rings. The fourth-order valence-electron chi connectivity index (χ4n) is 8.53. The van der Waals surface area contributed by atoms with Gasteiger partial charge in [-0.05, 0) is 68.4 Å². The number of nitrogens with one attached hydrogen (secondary N) is 2. The molecule has 0 bridgehead atoms. The van der Waals surface area contributed by atoms with Crippen LogP contribution in [-0.2, 0) is 9.59 Å². The molecule has 16 nitrogen and oxygen atoms in total. The Balaban J connectivity index is 0.882. The highest BCUT2D eigenvalue weighted by atomic mass is 19.1. The summed E-state index contributed by atoms with van der Waals surface area (Å²) in [7, 11) is 3.44. The number of carbonyl (C=O) groups is 5. The Morgan fingerprint density at radius 2 is 1.64 bits per heavy atom. The first-order valence-electron chi connectivity index (χ1n) is 23.8. The number of halogens is 1. The molecule has 4 aliphatic heterocycles. The van der Waals surface area contributed by atoms with E-state index < -0.39 is 90.8 Å². The number of hydrogen-bond donors (Lipinski definition) is 2. The summed E-state index contributed by atoms with van der Waals surface area (Å²) >= 11 is 0. The highest BCUT2D eigenvalue weighted by Crippen LogP contribution is 2.36. The molecule has 1 aliphatic carbocycles. The van der Waals surface area contributed by atoms with Gasteiger partial charge in [-0.25, -0.2) is 14.4 Å². The Morgan fingerprint density at radius 1 is 0.915 bits per heavy atom. The molecular formula is C42H48FN11O5. The first-order chi connectivity index (χ1) is 31.5. The second-order valence-electron chi connectivity index (χ2n) is 15.7. The SMILES string of the molecule is [2H]C1([2H])N(CC2CCN(c3ccc(Nc4ncc5cc(C(=O)N(C)C)n(C6CCCC6)c5n4)nc3)CC2)C([2H])([2H])C([2H])([2H])N(c2cc3c(cc2F)C(=O)N(C2CCC(=O)NC2=O)C3=O)C1([2H])[2H]. The van der Waals surface area contributed by atoms with Crippen molar-refractivity contribution in [3.63, 3.8) is 0 Å². The molecule has 5 amide bonds. The number of rotatable bonds is 9. The maximum Gasteiger partial charge on any atom is 0.270 e. The van der Waals surface area contributed by atoms with Crippen LogP contribution in [0, 0.1) is 11.7 Å². The number of pyridine rings is 1. The fraction of sp³-hybridized carbons (Fsp3) is 0.476. The quantitative estimate of drug-likeness (QED) is 0.234. The highest BCUT2D eigenvalue weighted by molar-refractivity contribution is 6.23. The number of anilines is 4. The highest BCUT2D eigenvalue weighted by Gasteiger charge is 2.45. The third-order valence-electron chi connectivity index (χ3n) is 11.6. The molecule has 1 atom stereocenters. The molecule has 3 saturated heterocycles. The molecule has 59 heavy (non-hydrogen) atoms. The summed E-state index contributed by atoms with van der Waals surface area (Å²) < 4.78 is 90.1. The molecule has 4 fully saturated rings. The number of imide groups is 2. The molecule has 7 heterocycles. The lowest BCUT2D eigenvalue weighted by atomic mass is 9.95. The average Bonchev–Trinajstić information content (AvgIpc) is 3.99. The third kappa shape index (κ3) is 7.36. The molecule has 308 valence electrons. The monoisotopic (exact) mass is 813 g/mol. The number of amides is 5. The minimum absolute atomic E-state index is 0.00969. The fourth-order valence-corrected chi connectivity index (χ4v) is 8.53. The smallest absolute Gasteiger partial charge is 0.270 e. The van der Waals surface area contributed by atoms with Gasteiger partial charge in [-0.1, -0.05) is 12.8 Å². The molecule has 0 radical (unpaired) electrons. The van der Waals surface area contributed by atoms with Crippen molar-refractivity contribution < 1.29 is 39.3 Å². The van der Waals surface area contributed by atoms with Crippen molar-refractivity contribution in [2.75, 3.05) is 74.8 Å². The topological polar surface area (TPSA) is 169 Å². The van der Waals surface area contributed by atoms with Gasteiger partial charge < -0.3 is 24.6 Å². The third-order valence-corrected chi connectivity index (χ3v) is 11.6. The van der Waals surface area contributed by atoms with Crippen molar-refractivity contribution in [3.8, 4) is 0 Å². The number of nitrogens with zero attached hydrogens (tertiary/aromatic N) is 9. The lowest BCUT2D eigenvalue weighted by Crippen LogP contribution is -2.54. The minimum atomic E-state index is -3.47. The van der Waals surface area contributed by atoms with Crippen molar-refractivity contribution >= 4 is 63.7 Å². The zero-order valence-electron chi connectivity index (χ0n) is 40.5. The van der Waals surface area contributed by atoms with Gasteiger partial charge in [0.05, 0.1) is 34.2 Å². The van der Waals surface area contributed by atoms with Crippen LogP contribution in [0.2, 0.25) is 0 Å². The second-order valence-corrected chi connectivity index (χ2v) is 15.7. The van der Waals surface area contributed by atoms with E-state index in [2.05, 4.69) is 15.3 Å². The molecule has 9 rings (SSSR count). The van der Waals surface area contributed by atoms with Crippen LogP contribution in [0.5, 0.6) is 0 Å². The zero-order chi connectivity index (χ0) is 48.1. The lowest BCUT2D eigenvalue weighted by Gasteiger charge is -2.40. The van der Waals surface area contributed by atoms with Crippen LogP contribution in [-0.4, -0.2) is 130 Å². The van der Waals surface area contributed by atoms with E-state index in [1.165, 1.54) is 0 Å². The first-order valence-corrected chi connectivity index (χ1v) is 19.8. The Morgan fingerprint density at radius 3 is 2.32 bits per heavy atom. The van der Waals surface area contributed by atoms with Crippen LogP contribution in [0.15, 0.2) is 42.7 Å². The van der Waals surface area contributed by atoms with Crippen LogP contribution < -0.4 is 20.4 Å². The van der Waals surface area contributed by atoms with E-state index in [-0.39, 0.29) is 29.7 Å². The molecule has 3 aromatic heterocycles. The average molecular weight is 814 g/mol. The first kappa shape index (κ1) is 30.1. The molecule has 17 heteroatoms. The summed E-state index contributed by atoms with van der Waals surface area (Å²) in [5.41, 5.74) is -0.0519. The van der Waals surface area contributed by atoms with E-state index in [0.29, 0.717) is 71.0 Å². The lowest BCUT2D eigenvalue weighted by molar-refractivity contribution is -0.136. The minimum Gasteiger partial charge on any atom is -0.370 e. The van der Waals surface area contributed by atoms with Gasteiger partial charge in [0, 0.05) is 89.2 Å². The van der Waals surface area contributed by atoms with E-state index in [0.717, 1.165) is 36.8 Å². The molecule has 0 spiro atoms. The Kier molecular flexibility index (Phi) is 7.99. The predicted octanol–water partition coefficient (Wildman–Crippen LogP) is 3.97. The van der Waals surface area contributed by atoms with E-state index in [1.54, 1.807) is 37.5 Å². The van der Waals surface area contributed by atoms with E-state index in [9.17, 15) is 24.0 Å². The van der Waals surface area contributed by atoms with Gasteiger partial charge in [0.25, 0.3) is 17.7 Å². The number of hydrogen-bond acceptors (Lipinski definition) is 12. The number of aromatic nitrogens is 4. The standard InChI is InChI=1S/C42H48FN11O5/c1-49(2)41(59)34-19-26-22-45-42(48-37(26)53(34)27-5-3-4-6-27)46-35-9-7-28(23-44-35)51-13-11-25(12-14-51)24-50-15-17-52(18-16-50)33-21-30-29(20-31(33)43)39(57)54(40(30)58)32-8-10-36(55)47-38(32)56/h7,9,19-23,25,27,32H,3-6,8,10-18,24H2,1-2H3,(H,47,55,56)(H,44,45,46,48)/i15D2,16D2,17D2,18D2. The van der Waals surface area contributed by atoms with E-state index in [4.69, 9.17) is 16.0 Å². The predicted molar refractivity (Wildman–Crippen MR) is 217 cm³/mol. The second kappa shape index (κ2) is 15.7. The summed E-state index contributed by atoms with van der Waals surface area (Å²) in [4.78, 5) is 82.8. The molecule has 5 aliphatic rings. The summed E-state index contributed by atoms with van der Waals surface area (Å²) in [5, 5.41) is 5.96. The molecule has 1 aromatic carbocycles. The maximum absolute atomic E-state index is 16.1. The number of fused-ring (bicyclic) bond motifs is 2. The summed E-state index contributed by atoms with van der Waals surface area (Å²) in [6.45, 7) is -13.1. The van der Waals surface area contributed by atoms with Crippen molar-refractivity contribution in [1.82, 2.24) is 39.5 Å². The normalized spacial score (nSPS) is 26.2. The van der Waals surface area contributed by atoms with Gasteiger partial charge in [-0.2, -0.15) is 4.98 Å². The molecule has 1 unspecified atom stereocenters. The van der Waals surface area contributed by atoms with Gasteiger partial charge >= 0.3 is 0 Å². The van der Waals surface area contributed by atoms with E-state index >= 15 is 4.39 Å². The summed E-state index contributed by atoms with van der Waals surface area (Å²) in [5.74, 6) is -4.89. The van der Waals surface area contributed by atoms with Gasteiger partial charge in [0.15, 0.2) is 0 Å². The number of piperidine rings is 2. The van der Waals surface area contributed by atoms with Gasteiger partial charge in [-0.3, -0.25) is 39.1 Å². The number of piperazine rings is 1. The Bertz CT molecular complexity index is 2680. The van der Waals surface area contributed by atoms with Crippen LogP contribution in [0.4, 0.5) is 27.5 Å². The van der Waals surface area contributed by atoms with Crippen molar-refractivity contribution in [1.29, 1.82) is 0 Å². The summed E-state index contributed by atoms with van der Waals surface area (Å²) in [6.07, 6.45) is 7.81. The molecule has 2 N–H and O–H groups in total. The zero-order valence-corrected chi connectivity index (χ0v) is 32.5. The van der Waals surface area contributed by atoms with Crippen LogP contribution in [0.25, 0.3) is 11.0 Å². The van der Waals surface area contributed by atoms with Crippen LogP contribution in [0.3, 0.4) is 0 Å². The van der Waals surface area contributed by atoms with Crippen molar-refractivity contribution in [2.24, 2.45) is 5.92 Å². The number of carbonyl (C=O) groups excluding carboxylic acids is 5. The van der Waals surface area contributed by atoms with Crippen LogP contribution >= 0.6 is 0 Å².